The first-order valence-corrected chi connectivity index (χ1v) is 8.78. The summed E-state index contributed by atoms with van der Waals surface area (Å²) in [6, 6.07) is -0.638. The van der Waals surface area contributed by atoms with Crippen LogP contribution in [0.25, 0.3) is 0 Å². The Morgan fingerprint density at radius 1 is 1.12 bits per heavy atom. The number of H-pyrrole nitrogens is 1. The molecule has 7 nitrogen and oxygen atoms in total. The maximum Gasteiger partial charge on any atom is 0.354 e. The third kappa shape index (κ3) is 4.72. The fraction of sp³-hybridized carbons (Fsp3) is 0.632. The highest BCUT2D eigenvalue weighted by molar-refractivity contribution is 6.06. The highest BCUT2D eigenvalue weighted by atomic mass is 16.5. The number of aryl methyl sites for hydroxylation is 1. The van der Waals surface area contributed by atoms with Gasteiger partial charge in [-0.25, -0.2) is 4.79 Å². The van der Waals surface area contributed by atoms with Crippen LogP contribution in [0.5, 0.6) is 0 Å². The number of hydrogen-bond donors (Lipinski definition) is 1. The van der Waals surface area contributed by atoms with E-state index < -0.39 is 12.0 Å². The maximum atomic E-state index is 13.1. The summed E-state index contributed by atoms with van der Waals surface area (Å²) < 4.78 is 9.81. The number of rotatable bonds is 9. The van der Waals surface area contributed by atoms with Crippen LogP contribution in [0.1, 0.15) is 59.3 Å². The minimum atomic E-state index is -0.638. The zero-order chi connectivity index (χ0) is 20.0. The van der Waals surface area contributed by atoms with Gasteiger partial charge in [-0.2, -0.15) is 0 Å². The molecule has 0 bridgehead atoms. The highest BCUT2D eigenvalue weighted by Gasteiger charge is 2.31. The highest BCUT2D eigenvalue weighted by Crippen LogP contribution is 2.22. The van der Waals surface area contributed by atoms with Gasteiger partial charge in [0.25, 0.3) is 0 Å². The van der Waals surface area contributed by atoms with Gasteiger partial charge in [0, 0.05) is 37.4 Å². The maximum absolute atomic E-state index is 13.1. The minimum Gasteiger partial charge on any atom is -0.464 e. The topological polar surface area (TPSA) is 88.7 Å². The molecule has 1 aromatic rings. The van der Waals surface area contributed by atoms with E-state index in [9.17, 15) is 14.4 Å². The van der Waals surface area contributed by atoms with Crippen LogP contribution >= 0.6 is 0 Å². The predicted octanol–water partition coefficient (Wildman–Crippen LogP) is 2.51. The van der Waals surface area contributed by atoms with E-state index in [0.717, 1.165) is 0 Å². The van der Waals surface area contributed by atoms with Gasteiger partial charge in [0.1, 0.15) is 5.69 Å². The molecule has 0 aromatic carbocycles. The van der Waals surface area contributed by atoms with Gasteiger partial charge in [0.2, 0.25) is 5.91 Å². The van der Waals surface area contributed by atoms with Crippen molar-refractivity contribution in [2.75, 3.05) is 27.4 Å². The molecule has 0 aliphatic carbocycles. The molecule has 0 saturated heterocycles. The zero-order valence-corrected chi connectivity index (χ0v) is 16.8. The number of nitrogens with zero attached hydrogens (tertiary/aromatic N) is 1. The summed E-state index contributed by atoms with van der Waals surface area (Å²) in [7, 11) is 2.89. The van der Waals surface area contributed by atoms with Gasteiger partial charge < -0.3 is 19.4 Å². The van der Waals surface area contributed by atoms with Gasteiger partial charge in [0.15, 0.2) is 5.78 Å². The number of hydrogen-bond acceptors (Lipinski definition) is 5. The van der Waals surface area contributed by atoms with Crippen molar-refractivity contribution in [2.45, 2.75) is 47.1 Å². The second kappa shape index (κ2) is 9.52. The first kappa shape index (κ1) is 21.9. The lowest BCUT2D eigenvalue weighted by atomic mass is 9.98. The molecule has 0 saturated carbocycles. The third-order valence-corrected chi connectivity index (χ3v) is 4.44. The average Bonchev–Trinajstić information content (AvgIpc) is 2.90. The fourth-order valence-electron chi connectivity index (χ4n) is 2.98. The Bertz CT molecular complexity index is 663. The standard InChI is InChI=1S/C19H30N2O5/c1-11(2)18(23)21(9-8-10-25-6)14(5)17(22)15-12(3)16(19(24)26-7)20-13(15)4/h11,14,20H,8-10H2,1-7H3/t14-/m1/s1. The second-order valence-electron chi connectivity index (χ2n) is 6.69. The number of amides is 1. The molecule has 0 radical (unpaired) electrons. The van der Waals surface area contributed by atoms with Crippen LogP contribution < -0.4 is 0 Å². The number of esters is 1. The summed E-state index contributed by atoms with van der Waals surface area (Å²) >= 11 is 0. The van der Waals surface area contributed by atoms with Gasteiger partial charge in [-0.05, 0) is 32.8 Å². The van der Waals surface area contributed by atoms with E-state index in [1.807, 2.05) is 13.8 Å². The SMILES string of the molecule is COCCCN(C(=O)C(C)C)[C@H](C)C(=O)c1c(C)[nH]c(C(=O)OC)c1C. The van der Waals surface area contributed by atoms with Crippen LogP contribution in [0.4, 0.5) is 0 Å². The summed E-state index contributed by atoms with van der Waals surface area (Å²) in [6.07, 6.45) is 0.644. The number of carbonyl (C=O) groups is 3. The number of carbonyl (C=O) groups excluding carboxylic acids is 3. The summed E-state index contributed by atoms with van der Waals surface area (Å²) in [4.78, 5) is 42.1. The molecule has 26 heavy (non-hydrogen) atoms. The van der Waals surface area contributed by atoms with Crippen molar-refractivity contribution in [3.8, 4) is 0 Å². The van der Waals surface area contributed by atoms with Gasteiger partial charge in [0.05, 0.1) is 13.2 Å². The lowest BCUT2D eigenvalue weighted by Gasteiger charge is -2.30. The van der Waals surface area contributed by atoms with Crippen molar-refractivity contribution in [2.24, 2.45) is 5.92 Å². The molecule has 1 amide bonds. The fourth-order valence-corrected chi connectivity index (χ4v) is 2.98. The average molecular weight is 366 g/mol. The van der Waals surface area contributed by atoms with Crippen LogP contribution in [0.3, 0.4) is 0 Å². The van der Waals surface area contributed by atoms with E-state index in [0.29, 0.717) is 36.4 Å². The quantitative estimate of drug-likeness (QED) is 0.412. The van der Waals surface area contributed by atoms with Crippen molar-refractivity contribution in [3.05, 3.63) is 22.5 Å². The van der Waals surface area contributed by atoms with E-state index in [-0.39, 0.29) is 23.3 Å². The van der Waals surface area contributed by atoms with Crippen LogP contribution in [0.15, 0.2) is 0 Å². The number of aromatic amines is 1. The van der Waals surface area contributed by atoms with Crippen LogP contribution in [-0.4, -0.2) is 61.0 Å². The number of ketones is 1. The molecule has 1 rings (SSSR count). The number of nitrogens with one attached hydrogen (secondary N) is 1. The Labute approximate surface area is 155 Å². The second-order valence-corrected chi connectivity index (χ2v) is 6.69. The normalized spacial score (nSPS) is 12.2. The monoisotopic (exact) mass is 366 g/mol. The van der Waals surface area contributed by atoms with E-state index >= 15 is 0 Å². The lowest BCUT2D eigenvalue weighted by molar-refractivity contribution is -0.135. The lowest BCUT2D eigenvalue weighted by Crippen LogP contribution is -2.46. The van der Waals surface area contributed by atoms with Crippen molar-refractivity contribution in [1.29, 1.82) is 0 Å². The number of ether oxygens (including phenoxy) is 2. The van der Waals surface area contributed by atoms with Gasteiger partial charge in [-0.1, -0.05) is 13.8 Å². The first-order chi connectivity index (χ1) is 12.2. The van der Waals surface area contributed by atoms with Gasteiger partial charge in [-0.15, -0.1) is 0 Å². The molecule has 0 fully saturated rings. The Hall–Kier alpha value is -2.15. The number of methoxy groups -OCH3 is 2. The number of Topliss-reactive ketones (excluding diaryl/α,β-unsaturated/α-hetero) is 1. The molecule has 0 aliphatic heterocycles. The van der Waals surface area contributed by atoms with Crippen molar-refractivity contribution in [3.63, 3.8) is 0 Å². The summed E-state index contributed by atoms with van der Waals surface area (Å²) in [6.45, 7) is 9.73. The predicted molar refractivity (Wildman–Crippen MR) is 98.4 cm³/mol. The summed E-state index contributed by atoms with van der Waals surface area (Å²) in [5.41, 5.74) is 1.83. The largest absolute Gasteiger partial charge is 0.464 e. The molecular formula is C19H30N2O5. The van der Waals surface area contributed by atoms with E-state index in [2.05, 4.69) is 4.98 Å². The molecular weight excluding hydrogens is 336 g/mol. The van der Waals surface area contributed by atoms with E-state index in [1.54, 1.807) is 32.8 Å². The molecule has 0 unspecified atom stereocenters. The van der Waals surface area contributed by atoms with Gasteiger partial charge in [-0.3, -0.25) is 9.59 Å². The van der Waals surface area contributed by atoms with Crippen LogP contribution in [-0.2, 0) is 14.3 Å². The molecule has 1 heterocycles. The zero-order valence-electron chi connectivity index (χ0n) is 16.8. The molecule has 1 atom stereocenters. The molecule has 0 aliphatic rings. The van der Waals surface area contributed by atoms with Crippen molar-refractivity contribution in [1.82, 2.24) is 9.88 Å². The number of aromatic nitrogens is 1. The van der Waals surface area contributed by atoms with E-state index in [1.165, 1.54) is 7.11 Å². The summed E-state index contributed by atoms with van der Waals surface area (Å²) in [5.74, 6) is -1.02. The Kier molecular flexibility index (Phi) is 8.02. The van der Waals surface area contributed by atoms with Gasteiger partial charge >= 0.3 is 5.97 Å². The Morgan fingerprint density at radius 3 is 2.23 bits per heavy atom. The van der Waals surface area contributed by atoms with Crippen LogP contribution in [0, 0.1) is 19.8 Å². The van der Waals surface area contributed by atoms with Crippen molar-refractivity contribution >= 4 is 17.7 Å². The summed E-state index contributed by atoms with van der Waals surface area (Å²) in [5, 5.41) is 0. The smallest absolute Gasteiger partial charge is 0.354 e. The molecule has 1 N–H and O–H groups in total. The molecule has 146 valence electrons. The minimum absolute atomic E-state index is 0.0824. The Morgan fingerprint density at radius 2 is 1.73 bits per heavy atom. The molecule has 1 aromatic heterocycles. The Balaban J connectivity index is 3.17. The van der Waals surface area contributed by atoms with E-state index in [4.69, 9.17) is 9.47 Å². The molecule has 7 heteroatoms. The first-order valence-electron chi connectivity index (χ1n) is 8.78. The third-order valence-electron chi connectivity index (χ3n) is 4.44. The molecule has 0 spiro atoms. The van der Waals surface area contributed by atoms with Crippen molar-refractivity contribution < 1.29 is 23.9 Å². The van der Waals surface area contributed by atoms with Crippen LogP contribution in [0.2, 0.25) is 0 Å².